The molecule has 2 aromatic rings. The van der Waals surface area contributed by atoms with Gasteiger partial charge in [0, 0.05) is 38.6 Å². The van der Waals surface area contributed by atoms with E-state index in [-0.39, 0.29) is 23.1 Å². The van der Waals surface area contributed by atoms with Crippen molar-refractivity contribution in [2.45, 2.75) is 31.5 Å². The van der Waals surface area contributed by atoms with Crippen molar-refractivity contribution in [1.82, 2.24) is 20.1 Å². The molecule has 0 aliphatic rings. The standard InChI is InChI=1S/C16H22N4O4S2/c1-11(21)17-7-6-12-4-5-14(26-12)13(22)10-25-16-19-18-15(23)20(16)8-3-9-24-2/h4-5H,3,6-10H2,1-2H3,(H,17,21)(H,18,23). The number of carbonyl (C=O) groups excluding carboxylic acids is 2. The molecule has 0 aliphatic carbocycles. The lowest BCUT2D eigenvalue weighted by Gasteiger charge is -2.04. The second-order valence-electron chi connectivity index (χ2n) is 5.52. The zero-order valence-electron chi connectivity index (χ0n) is 14.7. The molecule has 2 aromatic heterocycles. The van der Waals surface area contributed by atoms with Crippen molar-refractivity contribution >= 4 is 34.8 Å². The van der Waals surface area contributed by atoms with E-state index in [1.54, 1.807) is 13.2 Å². The highest BCUT2D eigenvalue weighted by Gasteiger charge is 2.14. The van der Waals surface area contributed by atoms with Crippen LogP contribution in [0, 0.1) is 0 Å². The Bertz CT molecular complexity index is 796. The molecule has 0 spiro atoms. The maximum Gasteiger partial charge on any atom is 0.343 e. The van der Waals surface area contributed by atoms with Crippen molar-refractivity contribution in [3.05, 3.63) is 32.4 Å². The van der Waals surface area contributed by atoms with Gasteiger partial charge in [0.15, 0.2) is 10.9 Å². The highest BCUT2D eigenvalue weighted by Crippen LogP contribution is 2.21. The number of aromatic amines is 1. The first kappa shape index (κ1) is 20.4. The van der Waals surface area contributed by atoms with Crippen LogP contribution in [-0.2, 0) is 22.5 Å². The van der Waals surface area contributed by atoms with Crippen molar-refractivity contribution in [2.75, 3.05) is 26.0 Å². The Labute approximate surface area is 159 Å². The molecule has 0 saturated carbocycles. The van der Waals surface area contributed by atoms with Gasteiger partial charge in [-0.1, -0.05) is 11.8 Å². The van der Waals surface area contributed by atoms with E-state index >= 15 is 0 Å². The predicted octanol–water partition coefficient (Wildman–Crippen LogP) is 1.32. The lowest BCUT2D eigenvalue weighted by atomic mass is 10.3. The first-order valence-electron chi connectivity index (χ1n) is 8.14. The van der Waals surface area contributed by atoms with Gasteiger partial charge in [0.05, 0.1) is 10.6 Å². The summed E-state index contributed by atoms with van der Waals surface area (Å²) < 4.78 is 6.51. The number of nitrogens with zero attached hydrogens (tertiary/aromatic N) is 2. The number of thiophene rings is 1. The number of ketones is 1. The molecule has 8 nitrogen and oxygen atoms in total. The molecule has 0 unspecified atom stereocenters. The van der Waals surface area contributed by atoms with Crippen LogP contribution in [0.5, 0.6) is 0 Å². The molecule has 1 amide bonds. The molecule has 0 radical (unpaired) electrons. The van der Waals surface area contributed by atoms with Crippen LogP contribution in [0.15, 0.2) is 22.1 Å². The molecular formula is C16H22N4O4S2. The molecule has 2 heterocycles. The van der Waals surface area contributed by atoms with E-state index in [2.05, 4.69) is 15.5 Å². The second-order valence-corrected chi connectivity index (χ2v) is 7.63. The number of thioether (sulfide) groups is 1. The van der Waals surface area contributed by atoms with E-state index in [4.69, 9.17) is 4.74 Å². The van der Waals surface area contributed by atoms with Crippen LogP contribution in [0.2, 0.25) is 0 Å². The minimum absolute atomic E-state index is 0.00957. The van der Waals surface area contributed by atoms with E-state index in [0.29, 0.717) is 42.6 Å². The molecule has 0 atom stereocenters. The van der Waals surface area contributed by atoms with Crippen LogP contribution in [0.4, 0.5) is 0 Å². The summed E-state index contributed by atoms with van der Waals surface area (Å²) in [7, 11) is 1.61. The number of rotatable bonds is 11. The Balaban J connectivity index is 1.88. The molecule has 0 aromatic carbocycles. The van der Waals surface area contributed by atoms with Crippen LogP contribution >= 0.6 is 23.1 Å². The molecule has 2 rings (SSSR count). The van der Waals surface area contributed by atoms with Crippen molar-refractivity contribution in [3.63, 3.8) is 0 Å². The lowest BCUT2D eigenvalue weighted by Crippen LogP contribution is -2.22. The lowest BCUT2D eigenvalue weighted by molar-refractivity contribution is -0.118. The molecule has 26 heavy (non-hydrogen) atoms. The molecule has 0 aliphatic heterocycles. The van der Waals surface area contributed by atoms with Crippen molar-refractivity contribution in [1.29, 1.82) is 0 Å². The van der Waals surface area contributed by atoms with Gasteiger partial charge in [-0.05, 0) is 25.0 Å². The normalized spacial score (nSPS) is 10.8. The fraction of sp³-hybridized carbons (Fsp3) is 0.500. The molecule has 0 bridgehead atoms. The first-order valence-corrected chi connectivity index (χ1v) is 9.94. The number of ether oxygens (including phenoxy) is 1. The number of hydrogen-bond acceptors (Lipinski definition) is 7. The first-order chi connectivity index (χ1) is 12.5. The van der Waals surface area contributed by atoms with E-state index in [0.717, 1.165) is 4.88 Å². The number of aromatic nitrogens is 3. The van der Waals surface area contributed by atoms with Crippen molar-refractivity contribution in [3.8, 4) is 0 Å². The van der Waals surface area contributed by atoms with E-state index < -0.39 is 0 Å². The van der Waals surface area contributed by atoms with Gasteiger partial charge in [-0.2, -0.15) is 0 Å². The SMILES string of the molecule is COCCCn1c(SCC(=O)c2ccc(CCNC(C)=O)s2)n[nH]c1=O. The Kier molecular flexibility index (Phi) is 8.07. The fourth-order valence-corrected chi connectivity index (χ4v) is 4.09. The van der Waals surface area contributed by atoms with Crippen LogP contribution in [-0.4, -0.2) is 52.5 Å². The summed E-state index contributed by atoms with van der Waals surface area (Å²) in [5, 5.41) is 9.63. The van der Waals surface area contributed by atoms with Crippen LogP contribution < -0.4 is 11.0 Å². The third-order valence-corrected chi connectivity index (χ3v) is 5.63. The summed E-state index contributed by atoms with van der Waals surface area (Å²) in [6.07, 6.45) is 1.39. The number of H-pyrrole nitrogens is 1. The summed E-state index contributed by atoms with van der Waals surface area (Å²) in [6, 6.07) is 3.70. The summed E-state index contributed by atoms with van der Waals surface area (Å²) in [5.74, 6) is 0.134. The van der Waals surface area contributed by atoms with E-state index in [1.165, 1.54) is 34.6 Å². The van der Waals surface area contributed by atoms with Gasteiger partial charge in [-0.25, -0.2) is 9.89 Å². The van der Waals surface area contributed by atoms with Gasteiger partial charge in [-0.15, -0.1) is 16.4 Å². The average molecular weight is 399 g/mol. The Hall–Kier alpha value is -1.91. The zero-order valence-corrected chi connectivity index (χ0v) is 16.4. The topological polar surface area (TPSA) is 106 Å². The van der Waals surface area contributed by atoms with Gasteiger partial charge in [0.1, 0.15) is 0 Å². The number of hydrogen-bond donors (Lipinski definition) is 2. The van der Waals surface area contributed by atoms with Crippen molar-refractivity contribution in [2.24, 2.45) is 0 Å². The quantitative estimate of drug-likeness (QED) is 0.336. The van der Waals surface area contributed by atoms with E-state index in [9.17, 15) is 14.4 Å². The van der Waals surface area contributed by atoms with Gasteiger partial charge in [0.2, 0.25) is 5.91 Å². The van der Waals surface area contributed by atoms with Gasteiger partial charge >= 0.3 is 5.69 Å². The summed E-state index contributed by atoms with van der Waals surface area (Å²) in [4.78, 5) is 36.7. The van der Waals surface area contributed by atoms with Crippen LogP contribution in [0.25, 0.3) is 0 Å². The van der Waals surface area contributed by atoms with Crippen LogP contribution in [0.3, 0.4) is 0 Å². The maximum absolute atomic E-state index is 12.4. The Morgan fingerprint density at radius 3 is 2.96 bits per heavy atom. The summed E-state index contributed by atoms with van der Waals surface area (Å²) >= 11 is 2.67. The second kappa shape index (κ2) is 10.3. The highest BCUT2D eigenvalue weighted by atomic mass is 32.2. The number of nitrogens with one attached hydrogen (secondary N) is 2. The highest BCUT2D eigenvalue weighted by molar-refractivity contribution is 7.99. The minimum atomic E-state index is -0.285. The largest absolute Gasteiger partial charge is 0.385 e. The third kappa shape index (κ3) is 6.11. The van der Waals surface area contributed by atoms with Crippen LogP contribution in [0.1, 0.15) is 27.9 Å². The van der Waals surface area contributed by atoms with Gasteiger partial charge in [-0.3, -0.25) is 14.2 Å². The summed E-state index contributed by atoms with van der Waals surface area (Å²) in [6.45, 7) is 3.08. The van der Waals surface area contributed by atoms with E-state index in [1.807, 2.05) is 6.07 Å². The molecule has 0 fully saturated rings. The smallest absolute Gasteiger partial charge is 0.343 e. The maximum atomic E-state index is 12.4. The Morgan fingerprint density at radius 1 is 1.42 bits per heavy atom. The fourth-order valence-electron chi connectivity index (χ4n) is 2.20. The molecule has 2 N–H and O–H groups in total. The number of Topliss-reactive ketones (excluding diaryl/α,β-unsaturated/α-hetero) is 1. The Morgan fingerprint density at radius 2 is 2.23 bits per heavy atom. The summed E-state index contributed by atoms with van der Waals surface area (Å²) in [5.41, 5.74) is -0.285. The average Bonchev–Trinajstić information content (AvgIpc) is 3.20. The van der Waals surface area contributed by atoms with Gasteiger partial charge in [0.25, 0.3) is 0 Å². The number of amides is 1. The van der Waals surface area contributed by atoms with Gasteiger partial charge < -0.3 is 10.1 Å². The molecular weight excluding hydrogens is 376 g/mol. The minimum Gasteiger partial charge on any atom is -0.385 e. The number of methoxy groups -OCH3 is 1. The van der Waals surface area contributed by atoms with Crippen molar-refractivity contribution < 1.29 is 14.3 Å². The monoisotopic (exact) mass is 398 g/mol. The number of carbonyl (C=O) groups is 2. The zero-order chi connectivity index (χ0) is 18.9. The third-order valence-electron chi connectivity index (χ3n) is 3.47. The molecule has 142 valence electrons. The predicted molar refractivity (Wildman–Crippen MR) is 101 cm³/mol. The molecule has 10 heteroatoms. The molecule has 0 saturated heterocycles.